The maximum Gasteiger partial charge on any atom is 0.190 e. The van der Waals surface area contributed by atoms with E-state index in [-0.39, 0.29) is 11.9 Å². The average molecular weight is 390 g/mol. The van der Waals surface area contributed by atoms with Crippen molar-refractivity contribution in [1.82, 2.24) is 0 Å². The van der Waals surface area contributed by atoms with Crippen molar-refractivity contribution in [2.45, 2.75) is 27.7 Å². The molecule has 0 radical (unpaired) electrons. The molecule has 0 aliphatic carbocycles. The highest BCUT2D eigenvalue weighted by atomic mass is 16.3. The third kappa shape index (κ3) is 3.94. The first kappa shape index (κ1) is 20.0. The summed E-state index contributed by atoms with van der Waals surface area (Å²) >= 11 is 0. The summed E-state index contributed by atoms with van der Waals surface area (Å²) in [6.45, 7) is 8.02. The molecular formula is C22H26N6O. The van der Waals surface area contributed by atoms with Gasteiger partial charge in [-0.3, -0.25) is 10.8 Å². The van der Waals surface area contributed by atoms with Crippen molar-refractivity contribution in [3.63, 3.8) is 0 Å². The predicted molar refractivity (Wildman–Crippen MR) is 120 cm³/mol. The fraction of sp³-hybridized carbons (Fsp3) is 0.182. The van der Waals surface area contributed by atoms with Crippen LogP contribution in [-0.2, 0) is 0 Å². The number of nitrogens with one attached hydrogen (secondary N) is 4. The molecule has 7 nitrogen and oxygen atoms in total. The van der Waals surface area contributed by atoms with Gasteiger partial charge in [0.2, 0.25) is 0 Å². The van der Waals surface area contributed by atoms with E-state index >= 15 is 0 Å². The van der Waals surface area contributed by atoms with Gasteiger partial charge in [-0.15, -0.1) is 0 Å². The second-order valence-corrected chi connectivity index (χ2v) is 7.06. The van der Waals surface area contributed by atoms with Crippen molar-refractivity contribution in [2.24, 2.45) is 11.5 Å². The number of hydrogen-bond donors (Lipinski definition) is 6. The van der Waals surface area contributed by atoms with Crippen LogP contribution in [0.4, 0.5) is 11.4 Å². The van der Waals surface area contributed by atoms with Crippen molar-refractivity contribution in [3.8, 4) is 22.6 Å². The molecule has 0 bridgehead atoms. The zero-order valence-electron chi connectivity index (χ0n) is 17.0. The molecule has 0 atom stereocenters. The molecule has 0 spiro atoms. The molecule has 1 aromatic heterocycles. The first-order chi connectivity index (χ1) is 13.7. The van der Waals surface area contributed by atoms with Gasteiger partial charge < -0.3 is 26.5 Å². The summed E-state index contributed by atoms with van der Waals surface area (Å²) in [4.78, 5) is 0. The number of guanidine groups is 2. The van der Waals surface area contributed by atoms with Crippen LogP contribution in [0, 0.1) is 38.5 Å². The normalized spacial score (nSPS) is 10.6. The minimum Gasteiger partial charge on any atom is -0.456 e. The van der Waals surface area contributed by atoms with Crippen LogP contribution >= 0.6 is 0 Å². The van der Waals surface area contributed by atoms with Crippen LogP contribution in [-0.4, -0.2) is 11.9 Å². The molecule has 29 heavy (non-hydrogen) atoms. The van der Waals surface area contributed by atoms with Gasteiger partial charge in [-0.05, 0) is 86.3 Å². The molecule has 3 aromatic rings. The lowest BCUT2D eigenvalue weighted by atomic mass is 9.99. The van der Waals surface area contributed by atoms with Crippen LogP contribution in [0.3, 0.4) is 0 Å². The minimum atomic E-state index is -0.0888. The molecule has 8 N–H and O–H groups in total. The van der Waals surface area contributed by atoms with Crippen molar-refractivity contribution in [3.05, 3.63) is 58.7 Å². The van der Waals surface area contributed by atoms with Crippen LogP contribution in [0.1, 0.15) is 22.3 Å². The van der Waals surface area contributed by atoms with Crippen LogP contribution in [0.25, 0.3) is 22.6 Å². The molecule has 0 saturated carbocycles. The van der Waals surface area contributed by atoms with Crippen LogP contribution in [0.5, 0.6) is 0 Å². The largest absolute Gasteiger partial charge is 0.456 e. The van der Waals surface area contributed by atoms with Crippen molar-refractivity contribution in [1.29, 1.82) is 10.8 Å². The Morgan fingerprint density at radius 1 is 0.655 bits per heavy atom. The Kier molecular flexibility index (Phi) is 5.32. The molecular weight excluding hydrogens is 364 g/mol. The molecule has 0 fully saturated rings. The lowest BCUT2D eigenvalue weighted by Gasteiger charge is -2.14. The van der Waals surface area contributed by atoms with Gasteiger partial charge in [-0.25, -0.2) is 0 Å². The van der Waals surface area contributed by atoms with Crippen molar-refractivity contribution >= 4 is 23.3 Å². The van der Waals surface area contributed by atoms with Gasteiger partial charge >= 0.3 is 0 Å². The number of benzene rings is 2. The molecule has 0 aliphatic heterocycles. The average Bonchev–Trinajstić information content (AvgIpc) is 3.12. The summed E-state index contributed by atoms with van der Waals surface area (Å²) in [6.07, 6.45) is 0. The van der Waals surface area contributed by atoms with Crippen LogP contribution in [0.2, 0.25) is 0 Å². The second kappa shape index (κ2) is 7.71. The summed E-state index contributed by atoms with van der Waals surface area (Å²) in [5, 5.41) is 20.6. The highest BCUT2D eigenvalue weighted by Gasteiger charge is 2.15. The quantitative estimate of drug-likeness (QED) is 0.289. The Morgan fingerprint density at radius 2 is 1.03 bits per heavy atom. The van der Waals surface area contributed by atoms with E-state index in [4.69, 9.17) is 26.7 Å². The Bertz CT molecular complexity index is 1030. The Labute approximate surface area is 170 Å². The first-order valence-corrected chi connectivity index (χ1v) is 9.22. The monoisotopic (exact) mass is 390 g/mol. The number of anilines is 2. The molecule has 0 saturated heterocycles. The van der Waals surface area contributed by atoms with Crippen molar-refractivity contribution in [2.75, 3.05) is 10.6 Å². The fourth-order valence-electron chi connectivity index (χ4n) is 3.36. The summed E-state index contributed by atoms with van der Waals surface area (Å²) < 4.78 is 6.19. The van der Waals surface area contributed by atoms with E-state index < -0.39 is 0 Å². The summed E-state index contributed by atoms with van der Waals surface area (Å²) in [7, 11) is 0. The van der Waals surface area contributed by atoms with Gasteiger partial charge in [0.15, 0.2) is 11.9 Å². The molecule has 2 aromatic carbocycles. The number of furan rings is 1. The van der Waals surface area contributed by atoms with Crippen molar-refractivity contribution < 1.29 is 4.42 Å². The third-order valence-electron chi connectivity index (χ3n) is 5.25. The van der Waals surface area contributed by atoms with Gasteiger partial charge in [-0.2, -0.15) is 0 Å². The lowest BCUT2D eigenvalue weighted by Crippen LogP contribution is -2.21. The molecule has 1 heterocycles. The zero-order chi connectivity index (χ0) is 21.3. The van der Waals surface area contributed by atoms with Crippen LogP contribution in [0.15, 0.2) is 40.8 Å². The Morgan fingerprint density at radius 3 is 1.38 bits per heavy atom. The van der Waals surface area contributed by atoms with E-state index in [1.165, 1.54) is 0 Å². The van der Waals surface area contributed by atoms with E-state index in [0.717, 1.165) is 56.3 Å². The Hall–Kier alpha value is -3.74. The van der Waals surface area contributed by atoms with E-state index in [9.17, 15) is 0 Å². The molecule has 0 amide bonds. The van der Waals surface area contributed by atoms with Gasteiger partial charge in [0, 0.05) is 22.5 Å². The fourth-order valence-corrected chi connectivity index (χ4v) is 3.36. The van der Waals surface area contributed by atoms with E-state index in [1.807, 2.05) is 64.1 Å². The topological polar surface area (TPSA) is 137 Å². The second-order valence-electron chi connectivity index (χ2n) is 7.06. The Balaban J connectivity index is 1.98. The minimum absolute atomic E-state index is 0.0888. The molecule has 150 valence electrons. The molecule has 7 heteroatoms. The highest BCUT2D eigenvalue weighted by Crippen LogP contribution is 2.36. The first-order valence-electron chi connectivity index (χ1n) is 9.22. The number of nitrogens with two attached hydrogens (primary N) is 2. The van der Waals surface area contributed by atoms with Gasteiger partial charge in [-0.1, -0.05) is 0 Å². The molecule has 3 rings (SSSR count). The predicted octanol–water partition coefficient (Wildman–Crippen LogP) is 4.46. The maximum absolute atomic E-state index is 7.43. The number of hydrogen-bond acceptors (Lipinski definition) is 3. The van der Waals surface area contributed by atoms with E-state index in [1.54, 1.807) is 0 Å². The maximum atomic E-state index is 7.43. The SMILES string of the molecule is Cc1c(NC(=N)N)ccc(-c2ccc(-c3ccc(NC(=N)N)c(C)c3C)o2)c1C. The molecule has 0 unspecified atom stereocenters. The summed E-state index contributed by atoms with van der Waals surface area (Å²) in [5.74, 6) is 1.37. The smallest absolute Gasteiger partial charge is 0.190 e. The zero-order valence-corrected chi connectivity index (χ0v) is 17.0. The van der Waals surface area contributed by atoms with Gasteiger partial charge in [0.25, 0.3) is 0 Å². The standard InChI is InChI=1S/C22H26N6O/c1-11-13(3)17(27-21(23)24)7-5-15(11)19-9-10-20(29-19)16-6-8-18(28-22(25)26)14(4)12(16)2/h5-10H,1-4H3,(H4,23,24,27)(H4,25,26,28). The van der Waals surface area contributed by atoms with Crippen LogP contribution < -0.4 is 22.1 Å². The lowest BCUT2D eigenvalue weighted by molar-refractivity contribution is 0.596. The van der Waals surface area contributed by atoms with E-state index in [0.29, 0.717) is 0 Å². The molecule has 0 aliphatic rings. The third-order valence-corrected chi connectivity index (χ3v) is 5.25. The number of rotatable bonds is 4. The van der Waals surface area contributed by atoms with Gasteiger partial charge in [0.05, 0.1) is 0 Å². The summed E-state index contributed by atoms with van der Waals surface area (Å²) in [6, 6.07) is 11.7. The summed E-state index contributed by atoms with van der Waals surface area (Å²) in [5.41, 5.74) is 18.7. The highest BCUT2D eigenvalue weighted by molar-refractivity contribution is 5.92. The van der Waals surface area contributed by atoms with Gasteiger partial charge in [0.1, 0.15) is 11.5 Å². The van der Waals surface area contributed by atoms with E-state index in [2.05, 4.69) is 10.6 Å².